The SMILES string of the molecule is CC1(C)Cc2cccc(OCCNC(=O)C3CCN(C(=O)c4ccco4)CC3)c2O1. The van der Waals surface area contributed by atoms with E-state index < -0.39 is 0 Å². The Morgan fingerprint density at radius 1 is 1.20 bits per heavy atom. The van der Waals surface area contributed by atoms with Crippen LogP contribution in [-0.4, -0.2) is 48.6 Å². The number of hydrogen-bond donors (Lipinski definition) is 1. The van der Waals surface area contributed by atoms with Crippen molar-refractivity contribution in [3.05, 3.63) is 47.9 Å². The lowest BCUT2D eigenvalue weighted by Gasteiger charge is -2.30. The third kappa shape index (κ3) is 4.45. The summed E-state index contributed by atoms with van der Waals surface area (Å²) in [6, 6.07) is 9.28. The smallest absolute Gasteiger partial charge is 0.289 e. The molecule has 160 valence electrons. The molecule has 1 saturated heterocycles. The van der Waals surface area contributed by atoms with Gasteiger partial charge in [-0.15, -0.1) is 0 Å². The molecule has 30 heavy (non-hydrogen) atoms. The van der Waals surface area contributed by atoms with Crippen LogP contribution in [0.15, 0.2) is 41.0 Å². The fraction of sp³-hybridized carbons (Fsp3) is 0.478. The predicted octanol–water partition coefficient (Wildman–Crippen LogP) is 3.04. The van der Waals surface area contributed by atoms with Gasteiger partial charge in [0, 0.05) is 31.0 Å². The molecule has 2 aliphatic heterocycles. The molecule has 1 N–H and O–H groups in total. The minimum absolute atomic E-state index is 0.0133. The maximum atomic E-state index is 12.5. The number of piperidine rings is 1. The van der Waals surface area contributed by atoms with E-state index in [-0.39, 0.29) is 23.3 Å². The van der Waals surface area contributed by atoms with E-state index >= 15 is 0 Å². The van der Waals surface area contributed by atoms with Crippen molar-refractivity contribution in [3.63, 3.8) is 0 Å². The highest BCUT2D eigenvalue weighted by Crippen LogP contribution is 2.41. The van der Waals surface area contributed by atoms with Gasteiger partial charge in [-0.25, -0.2) is 0 Å². The van der Waals surface area contributed by atoms with E-state index in [4.69, 9.17) is 13.9 Å². The molecule has 2 aromatic rings. The van der Waals surface area contributed by atoms with Gasteiger partial charge in [0.25, 0.3) is 5.91 Å². The number of ether oxygens (including phenoxy) is 2. The summed E-state index contributed by atoms with van der Waals surface area (Å²) in [5, 5.41) is 2.95. The molecule has 0 atom stereocenters. The number of furan rings is 1. The van der Waals surface area contributed by atoms with Gasteiger partial charge < -0.3 is 24.1 Å². The molecule has 0 bridgehead atoms. The van der Waals surface area contributed by atoms with Gasteiger partial charge in [-0.3, -0.25) is 9.59 Å². The van der Waals surface area contributed by atoms with Crippen molar-refractivity contribution in [2.75, 3.05) is 26.2 Å². The number of benzene rings is 1. The van der Waals surface area contributed by atoms with Crippen molar-refractivity contribution in [2.24, 2.45) is 5.92 Å². The Hall–Kier alpha value is -2.96. The summed E-state index contributed by atoms with van der Waals surface area (Å²) in [5.74, 6) is 1.68. The average molecular weight is 412 g/mol. The number of para-hydroxylation sites is 1. The van der Waals surface area contributed by atoms with Crippen molar-refractivity contribution in [1.29, 1.82) is 0 Å². The molecule has 2 amide bonds. The molecule has 3 heterocycles. The summed E-state index contributed by atoms with van der Waals surface area (Å²) < 4.78 is 17.0. The summed E-state index contributed by atoms with van der Waals surface area (Å²) in [6.07, 6.45) is 3.64. The van der Waals surface area contributed by atoms with Crippen LogP contribution in [0, 0.1) is 5.92 Å². The van der Waals surface area contributed by atoms with E-state index in [9.17, 15) is 9.59 Å². The third-order valence-corrected chi connectivity index (χ3v) is 5.60. The molecule has 0 radical (unpaired) electrons. The highest BCUT2D eigenvalue weighted by Gasteiger charge is 2.32. The molecule has 1 aromatic heterocycles. The van der Waals surface area contributed by atoms with Crippen LogP contribution in [0.3, 0.4) is 0 Å². The number of fused-ring (bicyclic) bond motifs is 1. The van der Waals surface area contributed by atoms with Crippen LogP contribution in [0.4, 0.5) is 0 Å². The second-order valence-electron chi connectivity index (χ2n) is 8.47. The number of nitrogens with zero attached hydrogens (tertiary/aromatic N) is 1. The molecular formula is C23H28N2O5. The minimum atomic E-state index is -0.219. The molecular weight excluding hydrogens is 384 g/mol. The maximum absolute atomic E-state index is 12.5. The molecule has 0 saturated carbocycles. The summed E-state index contributed by atoms with van der Waals surface area (Å²) in [6.45, 7) is 6.03. The van der Waals surface area contributed by atoms with Crippen LogP contribution >= 0.6 is 0 Å². The molecule has 0 aliphatic carbocycles. The van der Waals surface area contributed by atoms with Crippen LogP contribution in [-0.2, 0) is 11.2 Å². The van der Waals surface area contributed by atoms with Gasteiger partial charge in [-0.1, -0.05) is 12.1 Å². The molecule has 1 aromatic carbocycles. The third-order valence-electron chi connectivity index (χ3n) is 5.60. The lowest BCUT2D eigenvalue weighted by atomic mass is 9.96. The number of rotatable bonds is 6. The quantitative estimate of drug-likeness (QED) is 0.738. The van der Waals surface area contributed by atoms with E-state index in [2.05, 4.69) is 25.2 Å². The maximum Gasteiger partial charge on any atom is 0.289 e. The van der Waals surface area contributed by atoms with E-state index in [1.54, 1.807) is 17.0 Å². The fourth-order valence-electron chi connectivity index (χ4n) is 4.08. The Morgan fingerprint density at radius 3 is 2.73 bits per heavy atom. The van der Waals surface area contributed by atoms with Crippen molar-refractivity contribution in [3.8, 4) is 11.5 Å². The zero-order chi connectivity index (χ0) is 21.1. The second-order valence-corrected chi connectivity index (χ2v) is 8.47. The van der Waals surface area contributed by atoms with Gasteiger partial charge in [0.2, 0.25) is 5.91 Å². The van der Waals surface area contributed by atoms with Gasteiger partial charge in [-0.2, -0.15) is 0 Å². The molecule has 7 nitrogen and oxygen atoms in total. The second kappa shape index (κ2) is 8.42. The largest absolute Gasteiger partial charge is 0.488 e. The van der Waals surface area contributed by atoms with E-state index in [0.717, 1.165) is 23.5 Å². The van der Waals surface area contributed by atoms with Crippen molar-refractivity contribution in [1.82, 2.24) is 10.2 Å². The Bertz CT molecular complexity index is 898. The Labute approximate surface area is 176 Å². The predicted molar refractivity (Wildman–Crippen MR) is 111 cm³/mol. The molecule has 1 fully saturated rings. The van der Waals surface area contributed by atoms with E-state index in [0.29, 0.717) is 44.8 Å². The lowest BCUT2D eigenvalue weighted by molar-refractivity contribution is -0.126. The van der Waals surface area contributed by atoms with Crippen molar-refractivity contribution >= 4 is 11.8 Å². The van der Waals surface area contributed by atoms with Crippen LogP contribution in [0.25, 0.3) is 0 Å². The van der Waals surface area contributed by atoms with Gasteiger partial charge >= 0.3 is 0 Å². The average Bonchev–Trinajstić information content (AvgIpc) is 3.37. The monoisotopic (exact) mass is 412 g/mol. The van der Waals surface area contributed by atoms with Gasteiger partial charge in [-0.05, 0) is 44.9 Å². The highest BCUT2D eigenvalue weighted by atomic mass is 16.5. The number of hydrogen-bond acceptors (Lipinski definition) is 5. The van der Waals surface area contributed by atoms with Crippen LogP contribution in [0.2, 0.25) is 0 Å². The Balaban J connectivity index is 1.20. The fourth-order valence-corrected chi connectivity index (χ4v) is 4.08. The summed E-state index contributed by atoms with van der Waals surface area (Å²) in [7, 11) is 0. The Kier molecular flexibility index (Phi) is 5.70. The highest BCUT2D eigenvalue weighted by molar-refractivity contribution is 5.91. The van der Waals surface area contributed by atoms with Crippen LogP contribution < -0.4 is 14.8 Å². The number of carbonyl (C=O) groups is 2. The Morgan fingerprint density at radius 2 is 2.00 bits per heavy atom. The van der Waals surface area contributed by atoms with Crippen molar-refractivity contribution < 1.29 is 23.5 Å². The first-order valence-electron chi connectivity index (χ1n) is 10.5. The summed E-state index contributed by atoms with van der Waals surface area (Å²) in [5.41, 5.74) is 0.931. The van der Waals surface area contributed by atoms with Gasteiger partial charge in [0.15, 0.2) is 17.3 Å². The normalized spacial score (nSPS) is 17.9. The molecule has 7 heteroatoms. The molecule has 0 unspecified atom stereocenters. The van der Waals surface area contributed by atoms with Crippen LogP contribution in [0.5, 0.6) is 11.5 Å². The van der Waals surface area contributed by atoms with E-state index in [1.165, 1.54) is 6.26 Å². The van der Waals surface area contributed by atoms with Crippen molar-refractivity contribution in [2.45, 2.75) is 38.7 Å². The topological polar surface area (TPSA) is 81.0 Å². The number of likely N-dealkylation sites (tertiary alicyclic amines) is 1. The first kappa shape index (κ1) is 20.3. The van der Waals surface area contributed by atoms with E-state index in [1.807, 2.05) is 12.1 Å². The number of nitrogens with one attached hydrogen (secondary N) is 1. The molecule has 0 spiro atoms. The first-order chi connectivity index (χ1) is 14.4. The number of amides is 2. The summed E-state index contributed by atoms with van der Waals surface area (Å²) in [4.78, 5) is 26.5. The molecule has 4 rings (SSSR count). The summed E-state index contributed by atoms with van der Waals surface area (Å²) >= 11 is 0. The minimum Gasteiger partial charge on any atom is -0.488 e. The van der Waals surface area contributed by atoms with Gasteiger partial charge in [0.1, 0.15) is 12.2 Å². The lowest BCUT2D eigenvalue weighted by Crippen LogP contribution is -2.43. The van der Waals surface area contributed by atoms with Crippen LogP contribution in [0.1, 0.15) is 42.8 Å². The zero-order valence-electron chi connectivity index (χ0n) is 17.5. The van der Waals surface area contributed by atoms with Gasteiger partial charge in [0.05, 0.1) is 12.8 Å². The standard InChI is InChI=1S/C23H28N2O5/c1-23(2)15-17-5-3-6-18(20(17)30-23)29-14-10-24-21(26)16-8-11-25(12-9-16)22(27)19-7-4-13-28-19/h3-7,13,16H,8-12,14-15H2,1-2H3,(H,24,26). The number of carbonyl (C=O) groups excluding carboxylic acids is 2. The first-order valence-corrected chi connectivity index (χ1v) is 10.5. The zero-order valence-corrected chi connectivity index (χ0v) is 17.5. The molecule has 2 aliphatic rings.